The molecule has 0 aromatic carbocycles. The van der Waals surface area contributed by atoms with E-state index in [-0.39, 0.29) is 17.1 Å². The van der Waals surface area contributed by atoms with Gasteiger partial charge in [0.15, 0.2) is 0 Å². The fourth-order valence-electron chi connectivity index (χ4n) is 0. The zero-order valence-electron chi connectivity index (χ0n) is 3.94. The third-order valence-electron chi connectivity index (χ3n) is 0. The van der Waals surface area contributed by atoms with Crippen molar-refractivity contribution in [1.82, 2.24) is 0 Å². The van der Waals surface area contributed by atoms with Crippen LogP contribution in [-0.4, -0.2) is 0 Å². The quantitative estimate of drug-likeness (QED) is 0.528. The maximum absolute atomic E-state index is 6.02. The molecule has 0 aliphatic rings. The van der Waals surface area contributed by atoms with E-state index in [1.54, 1.807) is 0 Å². The molecule has 0 rings (SSSR count). The monoisotopic (exact) mass is 370 g/mol. The van der Waals surface area contributed by atoms with E-state index in [4.69, 9.17) is 0 Å². The molecule has 0 aliphatic heterocycles. The van der Waals surface area contributed by atoms with Gasteiger partial charge in [0, 0.05) is 17.1 Å². The Morgan fingerprint density at radius 3 is 0.500 bits per heavy atom. The van der Waals surface area contributed by atoms with Crippen LogP contribution in [0.25, 0.3) is 0 Å². The first-order chi connectivity index (χ1) is 2.83. The molecule has 0 N–H and O–H groups in total. The van der Waals surface area contributed by atoms with E-state index in [0.29, 0.717) is 0 Å². The predicted octanol–water partition coefficient (Wildman–Crippen LogP) is 5.18. The van der Waals surface area contributed by atoms with Crippen molar-refractivity contribution >= 4 is 85.3 Å². The van der Waals surface area contributed by atoms with E-state index in [1.807, 2.05) is 0 Å². The Hall–Kier alpha value is 2.77. The molecule has 0 aromatic heterocycles. The summed E-state index contributed by atoms with van der Waals surface area (Å²) in [4.78, 5) is 0. The second-order valence-corrected chi connectivity index (χ2v) is 54.8. The fraction of sp³-hybridized carbons (Fsp3) is 0. The first kappa shape index (κ1) is 15.3. The van der Waals surface area contributed by atoms with Gasteiger partial charge in [0.2, 0.25) is 0 Å². The van der Waals surface area contributed by atoms with Gasteiger partial charge in [-0.3, -0.25) is 0 Å². The van der Waals surface area contributed by atoms with E-state index in [1.165, 1.54) is 0 Å². The van der Waals surface area contributed by atoms with Crippen molar-refractivity contribution in [3.8, 4) is 0 Å². The summed E-state index contributed by atoms with van der Waals surface area (Å²) in [6.45, 7) is 0. The molecule has 0 aliphatic carbocycles. The summed E-state index contributed by atoms with van der Waals surface area (Å²) < 4.78 is -6.02. The summed E-state index contributed by atoms with van der Waals surface area (Å²) >= 11 is 0. The molecule has 0 unspecified atom stereocenters. The van der Waals surface area contributed by atoms with E-state index in [9.17, 15) is 0 Å². The predicted molar refractivity (Wildman–Crippen MR) is 60.7 cm³/mol. The van der Waals surface area contributed by atoms with Crippen molar-refractivity contribution < 1.29 is 12.5 Å². The molecule has 0 aromatic rings. The Morgan fingerprint density at radius 1 is 0.500 bits per heavy atom. The summed E-state index contributed by atoms with van der Waals surface area (Å²) in [5.74, 6) is 0. The first-order valence-electron chi connectivity index (χ1n) is 1.03. The third-order valence-corrected chi connectivity index (χ3v) is 0. The summed E-state index contributed by atoms with van der Waals surface area (Å²) in [7, 11) is 35.8. The number of hydrogen-bond acceptors (Lipinski definition) is 8. The van der Waals surface area contributed by atoms with Crippen LogP contribution in [0.2, 0.25) is 0 Å². The van der Waals surface area contributed by atoms with Gasteiger partial charge in [-0.25, -0.2) is 0 Å². The Kier molecular flexibility index (Phi) is 2.20. The van der Waals surface area contributed by atoms with Gasteiger partial charge in [0.05, 0.1) is 0 Å². The molecule has 0 nitrogen and oxygen atoms in total. The van der Waals surface area contributed by atoms with Crippen LogP contribution in [0.4, 0.5) is 0 Å². The average molecular weight is 371 g/mol. The molecular formula is FeNiS8. The van der Waals surface area contributed by atoms with E-state index >= 15 is 0 Å². The Labute approximate surface area is 95.8 Å². The molecule has 0 saturated carbocycles. The zero-order valence-corrected chi connectivity index (χ0v) is 12.6. The molecule has 0 amide bonds. The second kappa shape index (κ2) is 1.44. The number of rotatable bonds is 0. The summed E-state index contributed by atoms with van der Waals surface area (Å²) in [6, 6.07) is 0. The Morgan fingerprint density at radius 2 is 0.500 bits per heavy atom. The van der Waals surface area contributed by atoms with Crippen molar-refractivity contribution in [3.63, 3.8) is 0 Å². The minimum absolute atomic E-state index is 0. The Balaban J connectivity index is 0. The molecule has 0 spiro atoms. The molecule has 0 bridgehead atoms. The van der Waals surface area contributed by atoms with E-state index in [0.717, 1.165) is 0 Å². The molecule has 0 radical (unpaired) electrons. The third kappa shape index (κ3) is 134. The van der Waals surface area contributed by atoms with Crippen molar-refractivity contribution in [1.29, 1.82) is 0 Å². The topological polar surface area (TPSA) is 0 Å². The van der Waals surface area contributed by atoms with Gasteiger partial charge in [-0.05, 0) is 0 Å². The van der Waals surface area contributed by atoms with Crippen molar-refractivity contribution in [2.24, 2.45) is 0 Å². The van der Waals surface area contributed by atoms with Gasteiger partial charge < -0.3 is 0 Å². The summed E-state index contributed by atoms with van der Waals surface area (Å²) in [5.41, 5.74) is 0. The molecule has 10 heteroatoms. The van der Waals surface area contributed by atoms with Crippen LogP contribution in [0, 0.1) is 0 Å². The van der Waals surface area contributed by atoms with Gasteiger partial charge >= 0.3 is 80.7 Å². The van der Waals surface area contributed by atoms with E-state index in [2.05, 4.69) is 85.3 Å². The van der Waals surface area contributed by atoms with Crippen LogP contribution in [0.15, 0.2) is 0 Å². The minimum atomic E-state index is -6.02. The fourth-order valence-corrected chi connectivity index (χ4v) is 0. The molecular weight excluding hydrogens is 371 g/mol. The summed E-state index contributed by atoms with van der Waals surface area (Å²) in [6.07, 6.45) is 0. The second-order valence-electron chi connectivity index (χ2n) is 1.48. The molecule has 66 valence electrons. The molecule has 0 fully saturated rings. The standard InChI is InChI=1S/Fe.Ni.8S. The Bertz CT molecular complexity index is 880. The van der Waals surface area contributed by atoms with Crippen molar-refractivity contribution in [3.05, 3.63) is 0 Å². The van der Waals surface area contributed by atoms with Gasteiger partial charge in [0.25, 0.3) is 0 Å². The van der Waals surface area contributed by atoms with Crippen LogP contribution in [0.3, 0.4) is 0 Å². The normalized spacial score (nSPS) is 27.2. The van der Waals surface area contributed by atoms with Crippen LogP contribution in [-0.2, 0) is 12.5 Å². The van der Waals surface area contributed by atoms with Crippen LogP contribution in [0.1, 0.15) is 0 Å². The molecule has 0 heterocycles. The van der Waals surface area contributed by atoms with Crippen LogP contribution < -0.4 is 0 Å². The molecule has 0 saturated heterocycles. The first-order valence-corrected chi connectivity index (χ1v) is 12.8. The summed E-state index contributed by atoms with van der Waals surface area (Å²) in [5, 5.41) is 0. The van der Waals surface area contributed by atoms with Crippen molar-refractivity contribution in [2.75, 3.05) is 0 Å². The van der Waals surface area contributed by atoms with Gasteiger partial charge in [0.1, 0.15) is 0 Å². The number of hydrogen-bond donors (Lipinski definition) is 0. The SMILES string of the molecule is [Fe].[S]=[Ni](=[S])(=[S])(=[S])(=[S])(=[S])(=[S])=[S]. The van der Waals surface area contributed by atoms with E-state index < -0.39 is -4.52 Å². The van der Waals surface area contributed by atoms with Crippen LogP contribution >= 0.6 is 85.3 Å². The van der Waals surface area contributed by atoms with Crippen molar-refractivity contribution in [2.45, 2.75) is 0 Å². The molecule has 10 heavy (non-hydrogen) atoms. The van der Waals surface area contributed by atoms with Gasteiger partial charge in [-0.2, -0.15) is 0 Å². The van der Waals surface area contributed by atoms with Crippen LogP contribution in [0.5, 0.6) is 0 Å². The average Bonchev–Trinajstić information content (AvgIpc) is 0.503. The van der Waals surface area contributed by atoms with Gasteiger partial charge in [-0.1, -0.05) is 0 Å². The maximum atomic E-state index is 4.47. The molecule has 0 atom stereocenters. The van der Waals surface area contributed by atoms with Gasteiger partial charge in [-0.15, -0.1) is 0 Å². The zero-order chi connectivity index (χ0) is 8.35.